The monoisotopic (exact) mass is 398 g/mol. The minimum atomic E-state index is -2.95. The maximum atomic E-state index is 12.2. The van der Waals surface area contributed by atoms with Crippen molar-refractivity contribution in [1.29, 1.82) is 0 Å². The molecule has 0 saturated heterocycles. The van der Waals surface area contributed by atoms with Crippen LogP contribution in [0.15, 0.2) is 46.9 Å². The van der Waals surface area contributed by atoms with Crippen LogP contribution in [0, 0.1) is 0 Å². The van der Waals surface area contributed by atoms with Crippen LogP contribution < -0.4 is 9.47 Å². The number of ketones is 1. The smallest absolute Gasteiger partial charge is 0.387 e. The molecule has 0 radical (unpaired) electrons. The van der Waals surface area contributed by atoms with Crippen LogP contribution in [0.1, 0.15) is 15.9 Å². The van der Waals surface area contributed by atoms with Crippen molar-refractivity contribution in [3.05, 3.63) is 58.1 Å². The van der Waals surface area contributed by atoms with Gasteiger partial charge in [-0.2, -0.15) is 8.78 Å². The largest absolute Gasteiger partial charge is 0.504 e. The van der Waals surface area contributed by atoms with Gasteiger partial charge in [-0.1, -0.05) is 28.1 Å². The molecule has 7 heteroatoms. The molecule has 1 N–H and O–H groups in total. The minimum absolute atomic E-state index is 0.0693. The Morgan fingerprint density at radius 2 is 2.04 bits per heavy atom. The number of ether oxygens (including phenoxy) is 2. The van der Waals surface area contributed by atoms with Gasteiger partial charge < -0.3 is 14.6 Å². The molecule has 0 atom stereocenters. The van der Waals surface area contributed by atoms with E-state index >= 15 is 0 Å². The predicted octanol–water partition coefficient (Wildman–Crippen LogP) is 4.66. The molecule has 2 aromatic carbocycles. The Morgan fingerprint density at radius 1 is 1.29 bits per heavy atom. The predicted molar refractivity (Wildman–Crippen MR) is 88.8 cm³/mol. The number of hydrogen-bond acceptors (Lipinski definition) is 4. The van der Waals surface area contributed by atoms with Crippen molar-refractivity contribution in [2.75, 3.05) is 7.11 Å². The number of aromatic hydroxyl groups is 1. The Balaban J connectivity index is 2.20. The summed E-state index contributed by atoms with van der Waals surface area (Å²) in [6, 6.07) is 8.52. The molecule has 0 unspecified atom stereocenters. The summed E-state index contributed by atoms with van der Waals surface area (Å²) in [7, 11) is 1.43. The molecule has 126 valence electrons. The highest BCUT2D eigenvalue weighted by Crippen LogP contribution is 2.33. The van der Waals surface area contributed by atoms with Crippen LogP contribution >= 0.6 is 15.9 Å². The van der Waals surface area contributed by atoms with E-state index in [1.165, 1.54) is 49.6 Å². The molecule has 0 aliphatic heterocycles. The molecule has 0 spiro atoms. The average Bonchev–Trinajstić information content (AvgIpc) is 2.54. The van der Waals surface area contributed by atoms with E-state index < -0.39 is 12.4 Å². The molecule has 0 aliphatic rings. The number of phenolic OH excluding ortho intramolecular Hbond substituents is 1. The van der Waals surface area contributed by atoms with Crippen molar-refractivity contribution < 1.29 is 28.2 Å². The number of hydrogen-bond donors (Lipinski definition) is 1. The summed E-state index contributed by atoms with van der Waals surface area (Å²) in [6.07, 6.45) is 2.76. The van der Waals surface area contributed by atoms with Gasteiger partial charge in [0.05, 0.1) is 7.11 Å². The van der Waals surface area contributed by atoms with E-state index in [0.717, 1.165) is 0 Å². The van der Waals surface area contributed by atoms with Gasteiger partial charge in [-0.05, 0) is 42.0 Å². The number of methoxy groups -OCH3 is 1. The van der Waals surface area contributed by atoms with Gasteiger partial charge in [0.1, 0.15) is 5.75 Å². The summed E-state index contributed by atoms with van der Waals surface area (Å²) in [5, 5.41) is 9.77. The molecule has 0 bridgehead atoms. The molecular weight excluding hydrogens is 386 g/mol. The van der Waals surface area contributed by atoms with Gasteiger partial charge in [0.15, 0.2) is 17.3 Å². The fourth-order valence-corrected chi connectivity index (χ4v) is 2.39. The average molecular weight is 399 g/mol. The van der Waals surface area contributed by atoms with E-state index in [4.69, 9.17) is 4.74 Å². The van der Waals surface area contributed by atoms with E-state index in [2.05, 4.69) is 20.7 Å². The maximum absolute atomic E-state index is 12.2. The van der Waals surface area contributed by atoms with Gasteiger partial charge in [-0.25, -0.2) is 0 Å². The van der Waals surface area contributed by atoms with Crippen molar-refractivity contribution >= 4 is 27.8 Å². The zero-order valence-corrected chi connectivity index (χ0v) is 14.1. The number of allylic oxidation sites excluding steroid dienone is 1. The maximum Gasteiger partial charge on any atom is 0.387 e. The van der Waals surface area contributed by atoms with E-state index in [1.54, 1.807) is 6.07 Å². The van der Waals surface area contributed by atoms with Crippen LogP contribution in [0.4, 0.5) is 8.78 Å². The quantitative estimate of drug-likeness (QED) is 0.567. The Kier molecular flexibility index (Phi) is 5.92. The Morgan fingerprint density at radius 3 is 2.71 bits per heavy atom. The van der Waals surface area contributed by atoms with Gasteiger partial charge in [-0.15, -0.1) is 0 Å². The number of rotatable bonds is 6. The third kappa shape index (κ3) is 4.55. The summed E-state index contributed by atoms with van der Waals surface area (Å²) < 4.78 is 34.3. The highest BCUT2D eigenvalue weighted by molar-refractivity contribution is 9.10. The first-order valence-electron chi connectivity index (χ1n) is 6.74. The molecule has 0 aliphatic carbocycles. The molecule has 4 nitrogen and oxygen atoms in total. The third-order valence-electron chi connectivity index (χ3n) is 3.06. The normalized spacial score (nSPS) is 11.0. The number of phenols is 1. The number of carbonyl (C=O) groups excluding carboxylic acids is 1. The van der Waals surface area contributed by atoms with Crippen molar-refractivity contribution in [2.24, 2.45) is 0 Å². The van der Waals surface area contributed by atoms with Crippen LogP contribution in [0.2, 0.25) is 0 Å². The van der Waals surface area contributed by atoms with Gasteiger partial charge in [0.25, 0.3) is 0 Å². The first kappa shape index (κ1) is 17.9. The van der Waals surface area contributed by atoms with Gasteiger partial charge in [0.2, 0.25) is 0 Å². The topological polar surface area (TPSA) is 55.8 Å². The second-order valence-corrected chi connectivity index (χ2v) is 5.50. The van der Waals surface area contributed by atoms with Crippen LogP contribution in [0.25, 0.3) is 6.08 Å². The van der Waals surface area contributed by atoms with E-state index in [1.807, 2.05) is 0 Å². The van der Waals surface area contributed by atoms with Gasteiger partial charge >= 0.3 is 6.61 Å². The van der Waals surface area contributed by atoms with E-state index in [-0.39, 0.29) is 17.1 Å². The van der Waals surface area contributed by atoms with E-state index in [0.29, 0.717) is 15.8 Å². The number of carbonyl (C=O) groups is 1. The number of halogens is 3. The lowest BCUT2D eigenvalue weighted by Crippen LogP contribution is -2.03. The summed E-state index contributed by atoms with van der Waals surface area (Å²) in [6.45, 7) is -2.95. The highest BCUT2D eigenvalue weighted by atomic mass is 79.9. The van der Waals surface area contributed by atoms with Crippen molar-refractivity contribution in [3.8, 4) is 17.2 Å². The summed E-state index contributed by atoms with van der Waals surface area (Å²) in [5.74, 6) is -0.258. The van der Waals surface area contributed by atoms with Crippen molar-refractivity contribution in [2.45, 2.75) is 6.61 Å². The van der Waals surface area contributed by atoms with Crippen LogP contribution in [0.3, 0.4) is 0 Å². The third-order valence-corrected chi connectivity index (χ3v) is 3.74. The van der Waals surface area contributed by atoms with Crippen LogP contribution in [-0.2, 0) is 0 Å². The van der Waals surface area contributed by atoms with Crippen LogP contribution in [0.5, 0.6) is 17.2 Å². The first-order chi connectivity index (χ1) is 11.4. The lowest BCUT2D eigenvalue weighted by molar-refractivity contribution is -0.0498. The lowest BCUT2D eigenvalue weighted by Gasteiger charge is -2.06. The first-order valence-corrected chi connectivity index (χ1v) is 7.54. The summed E-state index contributed by atoms with van der Waals surface area (Å²) >= 11 is 3.31. The van der Waals surface area contributed by atoms with Crippen LogP contribution in [-0.4, -0.2) is 24.6 Å². The molecule has 2 aromatic rings. The van der Waals surface area contributed by atoms with Crippen molar-refractivity contribution in [3.63, 3.8) is 0 Å². The molecule has 24 heavy (non-hydrogen) atoms. The van der Waals surface area contributed by atoms with Crippen molar-refractivity contribution in [1.82, 2.24) is 0 Å². The molecule has 0 fully saturated rings. The highest BCUT2D eigenvalue weighted by Gasteiger charge is 2.09. The second-order valence-electron chi connectivity index (χ2n) is 4.65. The molecule has 0 aromatic heterocycles. The number of benzene rings is 2. The Hall–Kier alpha value is -2.41. The molecular formula is C17H13BrF2O4. The number of alkyl halides is 2. The summed E-state index contributed by atoms with van der Waals surface area (Å²) in [5.41, 5.74) is 0.764. The fourth-order valence-electron chi connectivity index (χ4n) is 1.94. The molecule has 0 amide bonds. The lowest BCUT2D eigenvalue weighted by atomic mass is 10.1. The minimum Gasteiger partial charge on any atom is -0.504 e. The fraction of sp³-hybridized carbons (Fsp3) is 0.118. The molecule has 2 rings (SSSR count). The second kappa shape index (κ2) is 7.92. The van der Waals surface area contributed by atoms with Gasteiger partial charge in [0, 0.05) is 10.0 Å². The Bertz CT molecular complexity index is 775. The SMILES string of the molecule is COc1cc(Br)c(/C=C/C(=O)c2cccc(OC(F)F)c2)cc1O. The standard InChI is InChI=1S/C17H13BrF2O4/c1-23-16-9-13(18)10(8-15(16)22)5-6-14(21)11-3-2-4-12(7-11)24-17(19)20/h2-9,17,22H,1H3/b6-5+. The molecule has 0 heterocycles. The van der Waals surface area contributed by atoms with E-state index in [9.17, 15) is 18.7 Å². The molecule has 0 saturated carbocycles. The van der Waals surface area contributed by atoms with Gasteiger partial charge in [-0.3, -0.25) is 4.79 Å². The zero-order chi connectivity index (χ0) is 17.7. The zero-order valence-electron chi connectivity index (χ0n) is 12.5. The Labute approximate surface area is 145 Å². The summed E-state index contributed by atoms with van der Waals surface area (Å²) in [4.78, 5) is 12.1.